The molecule has 0 bridgehead atoms. The van der Waals surface area contributed by atoms with Gasteiger partial charge in [0.2, 0.25) is 5.91 Å². The Morgan fingerprint density at radius 1 is 1.21 bits per heavy atom. The summed E-state index contributed by atoms with van der Waals surface area (Å²) in [4.78, 5) is 16.7. The molecule has 1 heterocycles. The van der Waals surface area contributed by atoms with Crippen LogP contribution < -0.4 is 10.6 Å². The van der Waals surface area contributed by atoms with Gasteiger partial charge in [0, 0.05) is 11.4 Å². The quantitative estimate of drug-likeness (QED) is 0.757. The standard InChI is InChI=1S/C18H16N4OS/c1-11(18(23)22-14-5-3-13(10-19)4-6-14)20-15-7-8-16-17(9-15)24-12(2)21-16/h3-9,11,20H,1-2H3,(H,22,23)/t11-/m1/s1. The summed E-state index contributed by atoms with van der Waals surface area (Å²) in [6.45, 7) is 3.78. The number of rotatable bonds is 4. The minimum Gasteiger partial charge on any atom is -0.374 e. The summed E-state index contributed by atoms with van der Waals surface area (Å²) in [7, 11) is 0. The number of anilines is 2. The van der Waals surface area contributed by atoms with Crippen LogP contribution in [0.1, 0.15) is 17.5 Å². The molecule has 1 atom stereocenters. The normalized spacial score (nSPS) is 11.7. The van der Waals surface area contributed by atoms with Crippen molar-refractivity contribution in [3.63, 3.8) is 0 Å². The molecule has 3 aromatic rings. The maximum absolute atomic E-state index is 12.3. The molecule has 0 saturated heterocycles. The molecule has 1 amide bonds. The summed E-state index contributed by atoms with van der Waals surface area (Å²) >= 11 is 1.63. The summed E-state index contributed by atoms with van der Waals surface area (Å²) in [6.07, 6.45) is 0. The Labute approximate surface area is 144 Å². The molecule has 0 aliphatic carbocycles. The first-order chi connectivity index (χ1) is 11.5. The van der Waals surface area contributed by atoms with E-state index in [0.717, 1.165) is 20.9 Å². The van der Waals surface area contributed by atoms with E-state index in [-0.39, 0.29) is 5.91 Å². The van der Waals surface area contributed by atoms with Gasteiger partial charge in [0.05, 0.1) is 26.9 Å². The smallest absolute Gasteiger partial charge is 0.246 e. The number of nitrogens with zero attached hydrogens (tertiary/aromatic N) is 2. The Hall–Kier alpha value is -2.91. The first-order valence-corrected chi connectivity index (χ1v) is 8.31. The molecule has 0 aliphatic heterocycles. The van der Waals surface area contributed by atoms with Crippen molar-refractivity contribution in [2.75, 3.05) is 10.6 Å². The lowest BCUT2D eigenvalue weighted by Crippen LogP contribution is -2.31. The molecule has 2 N–H and O–H groups in total. The molecular formula is C18H16N4OS. The average molecular weight is 336 g/mol. The monoisotopic (exact) mass is 336 g/mol. The average Bonchev–Trinajstić information content (AvgIpc) is 2.94. The zero-order valence-electron chi connectivity index (χ0n) is 13.3. The van der Waals surface area contributed by atoms with E-state index >= 15 is 0 Å². The van der Waals surface area contributed by atoms with Crippen molar-refractivity contribution in [3.8, 4) is 6.07 Å². The summed E-state index contributed by atoms with van der Waals surface area (Å²) in [5.41, 5.74) is 3.08. The molecular weight excluding hydrogens is 320 g/mol. The second-order valence-electron chi connectivity index (χ2n) is 5.46. The highest BCUT2D eigenvalue weighted by atomic mass is 32.1. The van der Waals surface area contributed by atoms with Crippen molar-refractivity contribution >= 4 is 38.8 Å². The van der Waals surface area contributed by atoms with Gasteiger partial charge in [0.1, 0.15) is 6.04 Å². The number of fused-ring (bicyclic) bond motifs is 1. The second-order valence-corrected chi connectivity index (χ2v) is 6.69. The number of aromatic nitrogens is 1. The Morgan fingerprint density at radius 2 is 1.92 bits per heavy atom. The van der Waals surface area contributed by atoms with Crippen molar-refractivity contribution in [3.05, 3.63) is 53.0 Å². The first-order valence-electron chi connectivity index (χ1n) is 7.50. The summed E-state index contributed by atoms with van der Waals surface area (Å²) in [5.74, 6) is -0.139. The largest absolute Gasteiger partial charge is 0.374 e. The predicted molar refractivity (Wildman–Crippen MR) is 97.2 cm³/mol. The van der Waals surface area contributed by atoms with Gasteiger partial charge >= 0.3 is 0 Å². The summed E-state index contributed by atoms with van der Waals surface area (Å²) in [5, 5.41) is 15.8. The highest BCUT2D eigenvalue weighted by Crippen LogP contribution is 2.25. The van der Waals surface area contributed by atoms with Crippen LogP contribution in [0.5, 0.6) is 0 Å². The van der Waals surface area contributed by atoms with Crippen LogP contribution >= 0.6 is 11.3 Å². The zero-order chi connectivity index (χ0) is 17.1. The lowest BCUT2D eigenvalue weighted by Gasteiger charge is -2.15. The number of hydrogen-bond acceptors (Lipinski definition) is 5. The molecule has 2 aromatic carbocycles. The molecule has 0 spiro atoms. The van der Waals surface area contributed by atoms with E-state index in [1.165, 1.54) is 0 Å². The van der Waals surface area contributed by atoms with Gasteiger partial charge in [0.25, 0.3) is 0 Å². The SMILES string of the molecule is Cc1nc2ccc(N[C@H](C)C(=O)Nc3ccc(C#N)cc3)cc2s1. The number of hydrogen-bond donors (Lipinski definition) is 2. The predicted octanol–water partition coefficient (Wildman–Crippen LogP) is 3.92. The Balaban J connectivity index is 1.66. The third-order valence-corrected chi connectivity index (χ3v) is 4.49. The van der Waals surface area contributed by atoms with Crippen LogP contribution in [-0.4, -0.2) is 16.9 Å². The molecule has 24 heavy (non-hydrogen) atoms. The molecule has 0 saturated carbocycles. The molecule has 6 heteroatoms. The van der Waals surface area contributed by atoms with Crippen molar-refractivity contribution in [1.29, 1.82) is 5.26 Å². The molecule has 1 aromatic heterocycles. The van der Waals surface area contributed by atoms with Crippen LogP contribution in [0.4, 0.5) is 11.4 Å². The third-order valence-electron chi connectivity index (χ3n) is 3.55. The van der Waals surface area contributed by atoms with E-state index in [9.17, 15) is 4.79 Å². The van der Waals surface area contributed by atoms with Crippen molar-refractivity contribution < 1.29 is 4.79 Å². The van der Waals surface area contributed by atoms with Gasteiger partial charge < -0.3 is 10.6 Å². The van der Waals surface area contributed by atoms with E-state index < -0.39 is 6.04 Å². The fraction of sp³-hybridized carbons (Fsp3) is 0.167. The van der Waals surface area contributed by atoms with Gasteiger partial charge in [0.15, 0.2) is 0 Å². The molecule has 0 radical (unpaired) electrons. The van der Waals surface area contributed by atoms with Crippen LogP contribution in [0.25, 0.3) is 10.2 Å². The third kappa shape index (κ3) is 3.53. The van der Waals surface area contributed by atoms with Gasteiger partial charge in [-0.25, -0.2) is 4.98 Å². The maximum atomic E-state index is 12.3. The van der Waals surface area contributed by atoms with E-state index in [0.29, 0.717) is 11.3 Å². The van der Waals surface area contributed by atoms with Crippen molar-refractivity contribution in [2.45, 2.75) is 19.9 Å². The second kappa shape index (κ2) is 6.69. The van der Waals surface area contributed by atoms with Gasteiger partial charge in [-0.3, -0.25) is 4.79 Å². The summed E-state index contributed by atoms with van der Waals surface area (Å²) in [6, 6.07) is 14.3. The number of carbonyl (C=O) groups excluding carboxylic acids is 1. The van der Waals surface area contributed by atoms with Crippen LogP contribution in [0.2, 0.25) is 0 Å². The van der Waals surface area contributed by atoms with Crippen LogP contribution in [0, 0.1) is 18.3 Å². The molecule has 0 fully saturated rings. The zero-order valence-corrected chi connectivity index (χ0v) is 14.1. The number of nitrogens with one attached hydrogen (secondary N) is 2. The molecule has 5 nitrogen and oxygen atoms in total. The lowest BCUT2D eigenvalue weighted by molar-refractivity contribution is -0.116. The summed E-state index contributed by atoms with van der Waals surface area (Å²) < 4.78 is 1.09. The number of amides is 1. The van der Waals surface area contributed by atoms with E-state index in [1.54, 1.807) is 42.5 Å². The van der Waals surface area contributed by atoms with Gasteiger partial charge in [-0.15, -0.1) is 11.3 Å². The number of aryl methyl sites for hydroxylation is 1. The highest BCUT2D eigenvalue weighted by molar-refractivity contribution is 7.18. The Kier molecular flexibility index (Phi) is 4.45. The minimum absolute atomic E-state index is 0.139. The molecule has 0 aliphatic rings. The van der Waals surface area contributed by atoms with Crippen LogP contribution in [0.15, 0.2) is 42.5 Å². The van der Waals surface area contributed by atoms with Gasteiger partial charge in [-0.1, -0.05) is 0 Å². The van der Waals surface area contributed by atoms with Crippen molar-refractivity contribution in [1.82, 2.24) is 4.98 Å². The maximum Gasteiger partial charge on any atom is 0.246 e. The van der Waals surface area contributed by atoms with E-state index in [4.69, 9.17) is 5.26 Å². The van der Waals surface area contributed by atoms with Crippen molar-refractivity contribution in [2.24, 2.45) is 0 Å². The fourth-order valence-corrected chi connectivity index (χ4v) is 3.19. The van der Waals surface area contributed by atoms with Gasteiger partial charge in [-0.2, -0.15) is 5.26 Å². The number of benzene rings is 2. The Bertz CT molecular complexity index is 924. The van der Waals surface area contributed by atoms with E-state index in [1.807, 2.05) is 25.1 Å². The first kappa shape index (κ1) is 16.0. The Morgan fingerprint density at radius 3 is 2.62 bits per heavy atom. The van der Waals surface area contributed by atoms with Crippen LogP contribution in [0.3, 0.4) is 0 Å². The minimum atomic E-state index is -0.396. The number of nitriles is 1. The lowest BCUT2D eigenvalue weighted by atomic mass is 10.2. The molecule has 3 rings (SSSR count). The number of carbonyl (C=O) groups is 1. The van der Waals surface area contributed by atoms with Gasteiger partial charge in [-0.05, 0) is 56.3 Å². The fourth-order valence-electron chi connectivity index (χ4n) is 2.32. The number of thiazole rings is 1. The van der Waals surface area contributed by atoms with Crippen LogP contribution in [-0.2, 0) is 4.79 Å². The van der Waals surface area contributed by atoms with E-state index in [2.05, 4.69) is 21.7 Å². The highest BCUT2D eigenvalue weighted by Gasteiger charge is 2.13. The topological polar surface area (TPSA) is 77.8 Å². The molecule has 0 unspecified atom stereocenters. The molecule has 120 valence electrons.